The Balaban J connectivity index is 1.67. The van der Waals surface area contributed by atoms with Gasteiger partial charge in [-0.2, -0.15) is 0 Å². The van der Waals surface area contributed by atoms with Crippen LogP contribution in [-0.2, 0) is 11.2 Å². The Morgan fingerprint density at radius 2 is 1.85 bits per heavy atom. The van der Waals surface area contributed by atoms with Crippen LogP contribution in [0.3, 0.4) is 0 Å². The second kappa shape index (κ2) is 10.2. The molecule has 1 atom stereocenters. The summed E-state index contributed by atoms with van der Waals surface area (Å²) in [4.78, 5) is 23.9. The predicted octanol–water partition coefficient (Wildman–Crippen LogP) is 3.26. The lowest BCUT2D eigenvalue weighted by atomic mass is 10.1. The van der Waals surface area contributed by atoms with Gasteiger partial charge in [0.2, 0.25) is 5.91 Å². The molecule has 2 rings (SSSR count). The van der Waals surface area contributed by atoms with Crippen molar-refractivity contribution in [2.75, 3.05) is 19.0 Å². The van der Waals surface area contributed by atoms with E-state index in [2.05, 4.69) is 16.0 Å². The average molecular weight is 369 g/mol. The Hall–Kier alpha value is -3.02. The van der Waals surface area contributed by atoms with Crippen LogP contribution in [0.4, 0.5) is 10.5 Å². The zero-order chi connectivity index (χ0) is 19.6. The predicted molar refractivity (Wildman–Crippen MR) is 107 cm³/mol. The van der Waals surface area contributed by atoms with Crippen LogP contribution in [0.25, 0.3) is 0 Å². The zero-order valence-electron chi connectivity index (χ0n) is 16.0. The van der Waals surface area contributed by atoms with Crippen LogP contribution in [0.5, 0.6) is 5.75 Å². The first-order valence-electron chi connectivity index (χ1n) is 9.00. The molecule has 0 bridgehead atoms. The number of ether oxygens (including phenoxy) is 1. The topological polar surface area (TPSA) is 79.5 Å². The molecule has 0 aliphatic heterocycles. The zero-order valence-corrected chi connectivity index (χ0v) is 16.0. The SMILES string of the molecule is COc1ccc(CCC(C)NC(=O)CNC(=O)Nc2cccc(C)c2)cc1. The third-order valence-corrected chi connectivity index (χ3v) is 4.12. The summed E-state index contributed by atoms with van der Waals surface area (Å²) >= 11 is 0. The second-order valence-corrected chi connectivity index (χ2v) is 6.53. The third kappa shape index (κ3) is 7.40. The first-order valence-corrected chi connectivity index (χ1v) is 9.00. The number of benzene rings is 2. The maximum Gasteiger partial charge on any atom is 0.319 e. The van der Waals surface area contributed by atoms with E-state index in [9.17, 15) is 9.59 Å². The Morgan fingerprint density at radius 3 is 2.52 bits per heavy atom. The van der Waals surface area contributed by atoms with E-state index in [0.29, 0.717) is 5.69 Å². The minimum Gasteiger partial charge on any atom is -0.497 e. The van der Waals surface area contributed by atoms with E-state index in [1.54, 1.807) is 13.2 Å². The lowest BCUT2D eigenvalue weighted by molar-refractivity contribution is -0.120. The van der Waals surface area contributed by atoms with Crippen molar-refractivity contribution in [1.82, 2.24) is 10.6 Å². The summed E-state index contributed by atoms with van der Waals surface area (Å²) in [6.07, 6.45) is 1.67. The van der Waals surface area contributed by atoms with Crippen LogP contribution in [0.15, 0.2) is 48.5 Å². The Morgan fingerprint density at radius 1 is 1.11 bits per heavy atom. The normalized spacial score (nSPS) is 11.4. The molecular formula is C21H27N3O3. The Kier molecular flexibility index (Phi) is 7.67. The number of rotatable bonds is 8. The van der Waals surface area contributed by atoms with Gasteiger partial charge in [-0.05, 0) is 62.1 Å². The van der Waals surface area contributed by atoms with Gasteiger partial charge in [0.1, 0.15) is 5.75 Å². The van der Waals surface area contributed by atoms with Crippen molar-refractivity contribution in [3.8, 4) is 5.75 Å². The van der Waals surface area contributed by atoms with Crippen molar-refractivity contribution < 1.29 is 14.3 Å². The van der Waals surface area contributed by atoms with Crippen LogP contribution in [0, 0.1) is 6.92 Å². The third-order valence-electron chi connectivity index (χ3n) is 4.12. The van der Waals surface area contributed by atoms with E-state index in [4.69, 9.17) is 4.74 Å². The van der Waals surface area contributed by atoms with Gasteiger partial charge in [-0.25, -0.2) is 4.79 Å². The molecule has 0 aromatic heterocycles. The highest BCUT2D eigenvalue weighted by molar-refractivity contribution is 5.92. The van der Waals surface area contributed by atoms with Crippen molar-refractivity contribution in [1.29, 1.82) is 0 Å². The maximum atomic E-state index is 12.0. The maximum absolute atomic E-state index is 12.0. The monoisotopic (exact) mass is 369 g/mol. The van der Waals surface area contributed by atoms with E-state index in [-0.39, 0.29) is 18.5 Å². The molecule has 3 N–H and O–H groups in total. The molecule has 0 heterocycles. The van der Waals surface area contributed by atoms with E-state index >= 15 is 0 Å². The standard InChI is InChI=1S/C21H27N3O3/c1-15-5-4-6-18(13-15)24-21(26)22-14-20(25)23-16(2)7-8-17-9-11-19(27-3)12-10-17/h4-6,9-13,16H,7-8,14H2,1-3H3,(H,23,25)(H2,22,24,26). The molecule has 3 amide bonds. The average Bonchev–Trinajstić information content (AvgIpc) is 2.65. The van der Waals surface area contributed by atoms with Gasteiger partial charge in [-0.15, -0.1) is 0 Å². The van der Waals surface area contributed by atoms with E-state index in [1.807, 2.05) is 56.3 Å². The van der Waals surface area contributed by atoms with Crippen molar-refractivity contribution in [2.45, 2.75) is 32.7 Å². The van der Waals surface area contributed by atoms with Crippen molar-refractivity contribution in [3.63, 3.8) is 0 Å². The second-order valence-electron chi connectivity index (χ2n) is 6.53. The number of anilines is 1. The fourth-order valence-electron chi connectivity index (χ4n) is 2.63. The highest BCUT2D eigenvalue weighted by atomic mass is 16.5. The van der Waals surface area contributed by atoms with Crippen LogP contribution in [-0.4, -0.2) is 31.6 Å². The largest absolute Gasteiger partial charge is 0.497 e. The van der Waals surface area contributed by atoms with Gasteiger partial charge in [-0.3, -0.25) is 4.79 Å². The van der Waals surface area contributed by atoms with Crippen molar-refractivity contribution in [3.05, 3.63) is 59.7 Å². The number of urea groups is 1. The van der Waals surface area contributed by atoms with Gasteiger partial charge in [-0.1, -0.05) is 24.3 Å². The highest BCUT2D eigenvalue weighted by Crippen LogP contribution is 2.13. The number of hydrogen-bond acceptors (Lipinski definition) is 3. The molecule has 144 valence electrons. The molecule has 0 saturated carbocycles. The van der Waals surface area contributed by atoms with E-state index in [0.717, 1.165) is 24.2 Å². The molecule has 0 spiro atoms. The van der Waals surface area contributed by atoms with Crippen molar-refractivity contribution in [2.24, 2.45) is 0 Å². The lowest BCUT2D eigenvalue weighted by Crippen LogP contribution is -2.42. The number of hydrogen-bond donors (Lipinski definition) is 3. The number of amides is 3. The Bertz CT molecular complexity index is 760. The first kappa shape index (κ1) is 20.3. The minimum atomic E-state index is -0.401. The fraction of sp³-hybridized carbons (Fsp3) is 0.333. The smallest absolute Gasteiger partial charge is 0.319 e. The minimum absolute atomic E-state index is 0.0150. The van der Waals surface area contributed by atoms with Gasteiger partial charge in [0, 0.05) is 11.7 Å². The summed E-state index contributed by atoms with van der Waals surface area (Å²) in [5.41, 5.74) is 2.93. The summed E-state index contributed by atoms with van der Waals surface area (Å²) in [6, 6.07) is 15.0. The van der Waals surface area contributed by atoms with Crippen LogP contribution in [0.2, 0.25) is 0 Å². The number of methoxy groups -OCH3 is 1. The van der Waals surface area contributed by atoms with E-state index in [1.165, 1.54) is 5.56 Å². The van der Waals surface area contributed by atoms with Gasteiger partial charge in [0.25, 0.3) is 0 Å². The molecule has 0 fully saturated rings. The number of nitrogens with one attached hydrogen (secondary N) is 3. The van der Waals surface area contributed by atoms with Crippen LogP contribution < -0.4 is 20.7 Å². The molecule has 6 heteroatoms. The molecular weight excluding hydrogens is 342 g/mol. The summed E-state index contributed by atoms with van der Waals surface area (Å²) in [5, 5.41) is 8.17. The van der Waals surface area contributed by atoms with Gasteiger partial charge < -0.3 is 20.7 Å². The van der Waals surface area contributed by atoms with Gasteiger partial charge >= 0.3 is 6.03 Å². The quantitative estimate of drug-likeness (QED) is 0.668. The molecule has 2 aromatic rings. The molecule has 2 aromatic carbocycles. The molecule has 0 saturated heterocycles. The molecule has 0 aliphatic rings. The first-order chi connectivity index (χ1) is 13.0. The molecule has 6 nitrogen and oxygen atoms in total. The fourth-order valence-corrected chi connectivity index (χ4v) is 2.63. The van der Waals surface area contributed by atoms with Gasteiger partial charge in [0.15, 0.2) is 0 Å². The van der Waals surface area contributed by atoms with E-state index < -0.39 is 6.03 Å². The lowest BCUT2D eigenvalue weighted by Gasteiger charge is -2.14. The Labute approximate surface area is 160 Å². The molecule has 1 unspecified atom stereocenters. The van der Waals surface area contributed by atoms with Gasteiger partial charge in [0.05, 0.1) is 13.7 Å². The highest BCUT2D eigenvalue weighted by Gasteiger charge is 2.09. The van der Waals surface area contributed by atoms with Crippen LogP contribution >= 0.6 is 0 Å². The van der Waals surface area contributed by atoms with Crippen LogP contribution in [0.1, 0.15) is 24.5 Å². The molecule has 0 radical (unpaired) electrons. The number of aryl methyl sites for hydroxylation is 2. The molecule has 0 aliphatic carbocycles. The summed E-state index contributed by atoms with van der Waals surface area (Å²) in [5.74, 6) is 0.617. The summed E-state index contributed by atoms with van der Waals surface area (Å²) in [7, 11) is 1.64. The number of carbonyl (C=O) groups excluding carboxylic acids is 2. The summed E-state index contributed by atoms with van der Waals surface area (Å²) < 4.78 is 5.14. The molecule has 27 heavy (non-hydrogen) atoms. The number of carbonyl (C=O) groups is 2. The summed E-state index contributed by atoms with van der Waals surface area (Å²) in [6.45, 7) is 3.84. The van der Waals surface area contributed by atoms with Crippen molar-refractivity contribution >= 4 is 17.6 Å².